The first-order valence-corrected chi connectivity index (χ1v) is 7.26. The minimum atomic E-state index is -0.641. The van der Waals surface area contributed by atoms with Crippen LogP contribution >= 0.6 is 0 Å². The molecule has 1 aromatic rings. The lowest BCUT2D eigenvalue weighted by molar-refractivity contribution is -0.148. The van der Waals surface area contributed by atoms with E-state index < -0.39 is 18.5 Å². The van der Waals surface area contributed by atoms with E-state index >= 15 is 0 Å². The van der Waals surface area contributed by atoms with Crippen molar-refractivity contribution in [2.75, 3.05) is 18.7 Å². The first kappa shape index (κ1) is 17.5. The minimum Gasteiger partial charge on any atom is -0.456 e. The van der Waals surface area contributed by atoms with Gasteiger partial charge in [-0.25, -0.2) is 0 Å². The molecule has 0 fully saturated rings. The Hall–Kier alpha value is -2.90. The number of ketones is 2. The van der Waals surface area contributed by atoms with Crippen LogP contribution in [0.3, 0.4) is 0 Å². The zero-order valence-electron chi connectivity index (χ0n) is 13.3. The highest BCUT2D eigenvalue weighted by atomic mass is 16.7. The minimum absolute atomic E-state index is 0.0395. The summed E-state index contributed by atoms with van der Waals surface area (Å²) in [6.07, 6.45) is -0.0115. The number of carbonyl (C=O) groups is 4. The van der Waals surface area contributed by atoms with E-state index in [0.717, 1.165) is 0 Å². The number of fused-ring (bicyclic) bond motifs is 1. The lowest BCUT2D eigenvalue weighted by atomic mass is 10.1. The number of hydrogen-bond acceptors (Lipinski definition) is 7. The average Bonchev–Trinajstić information content (AvgIpc) is 2.97. The molecule has 0 radical (unpaired) electrons. The summed E-state index contributed by atoms with van der Waals surface area (Å²) in [7, 11) is 0. The molecule has 0 unspecified atom stereocenters. The average molecular weight is 335 g/mol. The standard InChI is InChI=1S/C16H17NO7/c1-9(18)3-4-16(21)22-7-15(20)17-12-6-14-13(23-8-24-14)5-11(12)10(2)19/h5-6H,3-4,7-8H2,1-2H3,(H,17,20). The van der Waals surface area contributed by atoms with Crippen LogP contribution in [0.2, 0.25) is 0 Å². The molecular formula is C16H17NO7. The van der Waals surface area contributed by atoms with Gasteiger partial charge >= 0.3 is 5.97 Å². The van der Waals surface area contributed by atoms with E-state index in [2.05, 4.69) is 5.32 Å². The predicted octanol–water partition coefficient (Wildman–Crippen LogP) is 1.47. The van der Waals surface area contributed by atoms with Gasteiger partial charge in [0.1, 0.15) is 5.78 Å². The van der Waals surface area contributed by atoms with Crippen LogP contribution in [0.25, 0.3) is 0 Å². The molecular weight excluding hydrogens is 318 g/mol. The second-order valence-corrected chi connectivity index (χ2v) is 5.22. The highest BCUT2D eigenvalue weighted by Crippen LogP contribution is 2.37. The quantitative estimate of drug-likeness (QED) is 0.593. The SMILES string of the molecule is CC(=O)CCC(=O)OCC(=O)Nc1cc2c(cc1C(C)=O)OCO2. The maximum atomic E-state index is 11.9. The molecule has 0 spiro atoms. The molecule has 128 valence electrons. The number of esters is 1. The van der Waals surface area contributed by atoms with Crippen LogP contribution in [0, 0.1) is 0 Å². The zero-order chi connectivity index (χ0) is 17.7. The molecule has 24 heavy (non-hydrogen) atoms. The number of anilines is 1. The van der Waals surface area contributed by atoms with Gasteiger partial charge in [-0.15, -0.1) is 0 Å². The largest absolute Gasteiger partial charge is 0.456 e. The smallest absolute Gasteiger partial charge is 0.306 e. The molecule has 0 bridgehead atoms. The number of hydrogen-bond donors (Lipinski definition) is 1. The molecule has 0 saturated heterocycles. The van der Waals surface area contributed by atoms with Gasteiger partial charge in [0, 0.05) is 18.1 Å². The Morgan fingerprint density at radius 1 is 1.08 bits per heavy atom. The highest BCUT2D eigenvalue weighted by Gasteiger charge is 2.20. The second-order valence-electron chi connectivity index (χ2n) is 5.22. The van der Waals surface area contributed by atoms with Gasteiger partial charge in [0.2, 0.25) is 6.79 Å². The third-order valence-corrected chi connectivity index (χ3v) is 3.21. The Morgan fingerprint density at radius 3 is 2.38 bits per heavy atom. The summed E-state index contributed by atoms with van der Waals surface area (Å²) >= 11 is 0. The Kier molecular flexibility index (Phi) is 5.51. The third-order valence-electron chi connectivity index (χ3n) is 3.21. The van der Waals surface area contributed by atoms with Gasteiger partial charge in [-0.05, 0) is 19.9 Å². The number of Topliss-reactive ketones (excluding diaryl/α,β-unsaturated/α-hetero) is 2. The number of nitrogens with one attached hydrogen (secondary N) is 1. The Labute approximate surface area is 138 Å². The first-order chi connectivity index (χ1) is 11.4. The Morgan fingerprint density at radius 2 is 1.75 bits per heavy atom. The molecule has 2 rings (SSSR count). The van der Waals surface area contributed by atoms with Crippen LogP contribution in [0.1, 0.15) is 37.0 Å². The van der Waals surface area contributed by atoms with Gasteiger partial charge < -0.3 is 24.3 Å². The highest BCUT2D eigenvalue weighted by molar-refractivity contribution is 6.05. The molecule has 1 heterocycles. The number of ether oxygens (including phenoxy) is 3. The summed E-state index contributed by atoms with van der Waals surface area (Å²) in [5, 5.41) is 2.50. The molecule has 1 aliphatic heterocycles. The summed E-state index contributed by atoms with van der Waals surface area (Å²) in [4.78, 5) is 45.8. The van der Waals surface area contributed by atoms with Crippen LogP contribution in [-0.4, -0.2) is 36.8 Å². The number of benzene rings is 1. The molecule has 0 saturated carbocycles. The molecule has 1 N–H and O–H groups in total. The predicted molar refractivity (Wildman–Crippen MR) is 82.1 cm³/mol. The topological polar surface area (TPSA) is 108 Å². The summed E-state index contributed by atoms with van der Waals surface area (Å²) in [5.74, 6) is -0.808. The van der Waals surface area contributed by atoms with Crippen LogP contribution in [0.15, 0.2) is 12.1 Å². The van der Waals surface area contributed by atoms with Crippen molar-refractivity contribution in [1.29, 1.82) is 0 Å². The molecule has 0 aliphatic carbocycles. The fourth-order valence-corrected chi connectivity index (χ4v) is 2.02. The van der Waals surface area contributed by atoms with Gasteiger partial charge in [0.05, 0.1) is 12.1 Å². The van der Waals surface area contributed by atoms with Crippen LogP contribution in [0.4, 0.5) is 5.69 Å². The molecule has 0 aromatic heterocycles. The molecule has 1 aliphatic rings. The van der Waals surface area contributed by atoms with E-state index in [9.17, 15) is 19.2 Å². The number of rotatable bonds is 7. The molecule has 8 heteroatoms. The van der Waals surface area contributed by atoms with Crippen molar-refractivity contribution in [3.63, 3.8) is 0 Å². The van der Waals surface area contributed by atoms with E-state index in [1.54, 1.807) is 0 Å². The molecule has 1 amide bonds. The van der Waals surface area contributed by atoms with E-state index in [4.69, 9.17) is 14.2 Å². The van der Waals surface area contributed by atoms with E-state index in [1.165, 1.54) is 26.0 Å². The van der Waals surface area contributed by atoms with Crippen molar-refractivity contribution in [1.82, 2.24) is 0 Å². The van der Waals surface area contributed by atoms with Crippen LogP contribution in [-0.2, 0) is 19.1 Å². The van der Waals surface area contributed by atoms with Gasteiger partial charge in [0.25, 0.3) is 5.91 Å². The normalized spacial score (nSPS) is 11.8. The summed E-state index contributed by atoms with van der Waals surface area (Å²) < 4.78 is 15.2. The van der Waals surface area contributed by atoms with Crippen molar-refractivity contribution >= 4 is 29.1 Å². The van der Waals surface area contributed by atoms with Crippen LogP contribution < -0.4 is 14.8 Å². The maximum Gasteiger partial charge on any atom is 0.306 e. The first-order valence-electron chi connectivity index (χ1n) is 7.26. The molecule has 0 atom stereocenters. The van der Waals surface area contributed by atoms with Gasteiger partial charge in [-0.1, -0.05) is 0 Å². The zero-order valence-corrected chi connectivity index (χ0v) is 13.3. The van der Waals surface area contributed by atoms with Crippen molar-refractivity contribution in [2.45, 2.75) is 26.7 Å². The fraction of sp³-hybridized carbons (Fsp3) is 0.375. The van der Waals surface area contributed by atoms with E-state index in [-0.39, 0.29) is 42.5 Å². The Bertz CT molecular complexity index is 696. The number of carbonyl (C=O) groups excluding carboxylic acids is 4. The summed E-state index contributed by atoms with van der Waals surface area (Å²) in [6.45, 7) is 2.25. The molecule has 8 nitrogen and oxygen atoms in total. The van der Waals surface area contributed by atoms with E-state index in [1.807, 2.05) is 0 Å². The Balaban J connectivity index is 1.97. The lowest BCUT2D eigenvalue weighted by Crippen LogP contribution is -2.22. The van der Waals surface area contributed by atoms with Crippen molar-refractivity contribution < 1.29 is 33.4 Å². The van der Waals surface area contributed by atoms with Gasteiger partial charge in [0.15, 0.2) is 23.9 Å². The van der Waals surface area contributed by atoms with Crippen LogP contribution in [0.5, 0.6) is 11.5 Å². The van der Waals surface area contributed by atoms with Crippen molar-refractivity contribution in [3.8, 4) is 11.5 Å². The maximum absolute atomic E-state index is 11.9. The summed E-state index contributed by atoms with van der Waals surface area (Å²) in [5.41, 5.74) is 0.507. The lowest BCUT2D eigenvalue weighted by Gasteiger charge is -2.11. The fourth-order valence-electron chi connectivity index (χ4n) is 2.02. The third kappa shape index (κ3) is 4.55. The van der Waals surface area contributed by atoms with Gasteiger partial charge in [-0.2, -0.15) is 0 Å². The summed E-state index contributed by atoms with van der Waals surface area (Å²) in [6, 6.07) is 2.97. The molecule has 1 aromatic carbocycles. The number of amides is 1. The monoisotopic (exact) mass is 335 g/mol. The van der Waals surface area contributed by atoms with Crippen molar-refractivity contribution in [2.24, 2.45) is 0 Å². The van der Waals surface area contributed by atoms with Gasteiger partial charge in [-0.3, -0.25) is 14.4 Å². The second kappa shape index (κ2) is 7.58. The van der Waals surface area contributed by atoms with E-state index in [0.29, 0.717) is 11.5 Å². The van der Waals surface area contributed by atoms with Crippen molar-refractivity contribution in [3.05, 3.63) is 17.7 Å².